The molecule has 0 saturated carbocycles. The molecule has 0 unspecified atom stereocenters. The topological polar surface area (TPSA) is 83.7 Å². The Morgan fingerprint density at radius 1 is 1.27 bits per heavy atom. The van der Waals surface area contributed by atoms with Crippen molar-refractivity contribution in [2.24, 2.45) is 5.73 Å². The largest absolute Gasteiger partial charge is 0.369 e. The number of piperazine rings is 1. The number of halogens is 1. The van der Waals surface area contributed by atoms with Gasteiger partial charge in [0.1, 0.15) is 5.82 Å². The molecule has 1 aliphatic heterocycles. The molecule has 0 aromatic heterocycles. The van der Waals surface area contributed by atoms with Gasteiger partial charge in [0.25, 0.3) is 5.91 Å². The van der Waals surface area contributed by atoms with Crippen molar-refractivity contribution >= 4 is 29.5 Å². The molecule has 0 spiro atoms. The summed E-state index contributed by atoms with van der Waals surface area (Å²) in [4.78, 5) is 39.1. The SMILES string of the molecule is CCc1cc(C(=O)N2CCN(C(=O)CSCC(N)=O)[C@@H](C)C2)ccc1F. The van der Waals surface area contributed by atoms with Crippen molar-refractivity contribution in [1.82, 2.24) is 9.80 Å². The van der Waals surface area contributed by atoms with E-state index < -0.39 is 5.91 Å². The zero-order valence-electron chi connectivity index (χ0n) is 15.0. The van der Waals surface area contributed by atoms with E-state index in [9.17, 15) is 18.8 Å². The number of rotatable bonds is 6. The van der Waals surface area contributed by atoms with Crippen molar-refractivity contribution < 1.29 is 18.8 Å². The summed E-state index contributed by atoms with van der Waals surface area (Å²) in [5.74, 6) is -0.659. The van der Waals surface area contributed by atoms with Crippen LogP contribution >= 0.6 is 11.8 Å². The van der Waals surface area contributed by atoms with Gasteiger partial charge in [-0.3, -0.25) is 14.4 Å². The minimum atomic E-state index is -0.447. The highest BCUT2D eigenvalue weighted by atomic mass is 32.2. The fraction of sp³-hybridized carbons (Fsp3) is 0.500. The van der Waals surface area contributed by atoms with Gasteiger partial charge in [-0.2, -0.15) is 0 Å². The lowest BCUT2D eigenvalue weighted by Crippen LogP contribution is -2.55. The summed E-state index contributed by atoms with van der Waals surface area (Å²) in [6, 6.07) is 4.30. The second-order valence-corrected chi connectivity index (χ2v) is 7.29. The Labute approximate surface area is 156 Å². The number of thioether (sulfide) groups is 1. The molecule has 2 N–H and O–H groups in total. The number of nitrogens with two attached hydrogens (primary N) is 1. The average molecular weight is 381 g/mol. The van der Waals surface area contributed by atoms with Crippen LogP contribution in [-0.2, 0) is 16.0 Å². The number of nitrogens with zero attached hydrogens (tertiary/aromatic N) is 2. The summed E-state index contributed by atoms with van der Waals surface area (Å²) in [6.07, 6.45) is 0.522. The first-order valence-electron chi connectivity index (χ1n) is 8.56. The van der Waals surface area contributed by atoms with Crippen molar-refractivity contribution in [3.8, 4) is 0 Å². The molecule has 1 aromatic carbocycles. The molecule has 1 heterocycles. The lowest BCUT2D eigenvalue weighted by Gasteiger charge is -2.40. The number of carbonyl (C=O) groups excluding carboxylic acids is 3. The fourth-order valence-electron chi connectivity index (χ4n) is 3.00. The molecule has 0 radical (unpaired) electrons. The molecule has 8 heteroatoms. The average Bonchev–Trinajstić information content (AvgIpc) is 2.61. The van der Waals surface area contributed by atoms with Crippen LogP contribution in [0.1, 0.15) is 29.8 Å². The molecule has 1 aliphatic rings. The predicted octanol–water partition coefficient (Wildman–Crippen LogP) is 1.28. The van der Waals surface area contributed by atoms with Crippen LogP contribution < -0.4 is 5.73 Å². The lowest BCUT2D eigenvalue weighted by atomic mass is 10.1. The van der Waals surface area contributed by atoms with E-state index in [1.807, 2.05) is 13.8 Å². The molecule has 142 valence electrons. The minimum absolute atomic E-state index is 0.0640. The summed E-state index contributed by atoms with van der Waals surface area (Å²) in [5.41, 5.74) is 6.05. The summed E-state index contributed by atoms with van der Waals surface area (Å²) in [6.45, 7) is 5.01. The van der Waals surface area contributed by atoms with Gasteiger partial charge in [-0.05, 0) is 37.1 Å². The number of benzene rings is 1. The van der Waals surface area contributed by atoms with E-state index in [2.05, 4.69) is 0 Å². The van der Waals surface area contributed by atoms with Gasteiger partial charge in [0.15, 0.2) is 0 Å². The second kappa shape index (κ2) is 9.02. The highest BCUT2D eigenvalue weighted by Crippen LogP contribution is 2.17. The highest BCUT2D eigenvalue weighted by molar-refractivity contribution is 8.00. The zero-order chi connectivity index (χ0) is 19.3. The normalized spacial score (nSPS) is 17.3. The molecule has 1 saturated heterocycles. The monoisotopic (exact) mass is 381 g/mol. The van der Waals surface area contributed by atoms with Gasteiger partial charge in [0, 0.05) is 31.2 Å². The third-order valence-electron chi connectivity index (χ3n) is 4.38. The van der Waals surface area contributed by atoms with Crippen LogP contribution in [0.4, 0.5) is 4.39 Å². The molecule has 26 heavy (non-hydrogen) atoms. The zero-order valence-corrected chi connectivity index (χ0v) is 15.9. The van der Waals surface area contributed by atoms with Gasteiger partial charge in [-0.25, -0.2) is 4.39 Å². The Bertz CT molecular complexity index is 698. The van der Waals surface area contributed by atoms with Crippen molar-refractivity contribution in [1.29, 1.82) is 0 Å². The van der Waals surface area contributed by atoms with E-state index in [0.717, 1.165) is 0 Å². The van der Waals surface area contributed by atoms with E-state index in [1.165, 1.54) is 23.9 Å². The molecule has 3 amide bonds. The van der Waals surface area contributed by atoms with Gasteiger partial charge in [0.2, 0.25) is 11.8 Å². The molecule has 1 aromatic rings. The molecule has 1 fully saturated rings. The van der Waals surface area contributed by atoms with Gasteiger partial charge >= 0.3 is 0 Å². The van der Waals surface area contributed by atoms with Crippen molar-refractivity contribution in [3.63, 3.8) is 0 Å². The van der Waals surface area contributed by atoms with E-state index in [0.29, 0.717) is 37.2 Å². The molecule has 2 rings (SSSR count). The van der Waals surface area contributed by atoms with Crippen LogP contribution in [-0.4, -0.2) is 64.7 Å². The van der Waals surface area contributed by atoms with Crippen LogP contribution in [0.3, 0.4) is 0 Å². The summed E-state index contributed by atoms with van der Waals surface area (Å²) in [5, 5.41) is 0. The molecular weight excluding hydrogens is 357 g/mol. The van der Waals surface area contributed by atoms with Gasteiger partial charge in [-0.15, -0.1) is 11.8 Å². The Hall–Kier alpha value is -2.09. The summed E-state index contributed by atoms with van der Waals surface area (Å²) >= 11 is 1.19. The number of hydrogen-bond donors (Lipinski definition) is 1. The van der Waals surface area contributed by atoms with Crippen LogP contribution in [0.2, 0.25) is 0 Å². The van der Waals surface area contributed by atoms with Crippen molar-refractivity contribution in [2.75, 3.05) is 31.1 Å². The number of carbonyl (C=O) groups is 3. The third-order valence-corrected chi connectivity index (χ3v) is 5.32. The number of amides is 3. The second-order valence-electron chi connectivity index (χ2n) is 6.31. The highest BCUT2D eigenvalue weighted by Gasteiger charge is 2.30. The first kappa shape index (κ1) is 20.2. The standard InChI is InChI=1S/C18H24FN3O3S/c1-3-13-8-14(4-5-15(13)19)18(25)21-6-7-22(12(2)9-21)17(24)11-26-10-16(20)23/h4-5,8,12H,3,6-7,9-11H2,1-2H3,(H2,20,23)/t12-/m0/s1. The summed E-state index contributed by atoms with van der Waals surface area (Å²) < 4.78 is 13.6. The summed E-state index contributed by atoms with van der Waals surface area (Å²) in [7, 11) is 0. The lowest BCUT2D eigenvalue weighted by molar-refractivity contribution is -0.132. The first-order valence-corrected chi connectivity index (χ1v) is 9.72. The number of primary amides is 1. The van der Waals surface area contributed by atoms with E-state index in [-0.39, 0.29) is 35.2 Å². The first-order chi connectivity index (χ1) is 12.3. The third kappa shape index (κ3) is 4.97. The Balaban J connectivity index is 1.96. The van der Waals surface area contributed by atoms with Crippen LogP contribution in [0.15, 0.2) is 18.2 Å². The maximum atomic E-state index is 13.6. The maximum Gasteiger partial charge on any atom is 0.253 e. The Morgan fingerprint density at radius 2 is 2.00 bits per heavy atom. The molecule has 0 aliphatic carbocycles. The van der Waals surface area contributed by atoms with Crippen molar-refractivity contribution in [3.05, 3.63) is 35.1 Å². The molecular formula is C18H24FN3O3S. The van der Waals surface area contributed by atoms with E-state index in [1.54, 1.807) is 15.9 Å². The minimum Gasteiger partial charge on any atom is -0.369 e. The Kier molecular flexibility index (Phi) is 7.02. The molecule has 1 atom stereocenters. The molecule has 6 nitrogen and oxygen atoms in total. The maximum absolute atomic E-state index is 13.6. The van der Waals surface area contributed by atoms with Crippen LogP contribution in [0.5, 0.6) is 0 Å². The fourth-order valence-corrected chi connectivity index (χ4v) is 3.64. The van der Waals surface area contributed by atoms with Gasteiger partial charge in [-0.1, -0.05) is 6.92 Å². The quantitative estimate of drug-likeness (QED) is 0.805. The predicted molar refractivity (Wildman–Crippen MR) is 99.4 cm³/mol. The molecule has 0 bridgehead atoms. The van der Waals surface area contributed by atoms with Crippen LogP contribution in [0.25, 0.3) is 0 Å². The van der Waals surface area contributed by atoms with Gasteiger partial charge < -0.3 is 15.5 Å². The number of hydrogen-bond acceptors (Lipinski definition) is 4. The Morgan fingerprint density at radius 3 is 2.62 bits per heavy atom. The smallest absolute Gasteiger partial charge is 0.253 e. The van der Waals surface area contributed by atoms with E-state index >= 15 is 0 Å². The van der Waals surface area contributed by atoms with Crippen LogP contribution in [0, 0.1) is 5.82 Å². The number of aryl methyl sites for hydroxylation is 1. The van der Waals surface area contributed by atoms with Crippen molar-refractivity contribution in [2.45, 2.75) is 26.3 Å². The van der Waals surface area contributed by atoms with E-state index in [4.69, 9.17) is 5.73 Å². The van der Waals surface area contributed by atoms with Gasteiger partial charge in [0.05, 0.1) is 11.5 Å².